The summed E-state index contributed by atoms with van der Waals surface area (Å²) in [6, 6.07) is 0. The first-order chi connectivity index (χ1) is 11.8. The molecule has 2 nitrogen and oxygen atoms in total. The van der Waals surface area contributed by atoms with Gasteiger partial charge in [0.2, 0.25) is 0 Å². The number of esters is 1. The molecule has 140 valence electrons. The summed E-state index contributed by atoms with van der Waals surface area (Å²) in [6.07, 6.45) is 25.0. The van der Waals surface area contributed by atoms with Crippen LogP contribution in [0.15, 0.2) is 24.8 Å². The van der Waals surface area contributed by atoms with Crippen molar-refractivity contribution in [3.8, 4) is 0 Å². The zero-order valence-corrected chi connectivity index (χ0v) is 16.1. The van der Waals surface area contributed by atoms with Gasteiger partial charge in [0.25, 0.3) is 0 Å². The molecular weight excluding hydrogens is 296 g/mol. The van der Waals surface area contributed by atoms with Crippen LogP contribution in [0.5, 0.6) is 0 Å². The number of rotatable bonds is 18. The highest BCUT2D eigenvalue weighted by molar-refractivity contribution is 5.69. The van der Waals surface area contributed by atoms with Gasteiger partial charge in [0.15, 0.2) is 0 Å². The largest absolute Gasteiger partial charge is 0.466 e. The maximum absolute atomic E-state index is 11.2. The fourth-order valence-corrected chi connectivity index (χ4v) is 2.84. The summed E-state index contributed by atoms with van der Waals surface area (Å²) in [5.74, 6) is -0.0368. The van der Waals surface area contributed by atoms with E-state index in [-0.39, 0.29) is 5.97 Å². The third-order valence-electron chi connectivity index (χ3n) is 4.28. The monoisotopic (exact) mass is 336 g/mol. The first kappa shape index (κ1) is 22.9. The lowest BCUT2D eigenvalue weighted by molar-refractivity contribution is -0.143. The van der Waals surface area contributed by atoms with Gasteiger partial charge in [-0.25, -0.2) is 0 Å². The SMILES string of the molecule is C=CC/C=C\CCCCCCCCCCCCCCC(=O)OCC. The molecule has 0 radical (unpaired) electrons. The molecule has 0 aromatic carbocycles. The van der Waals surface area contributed by atoms with E-state index in [9.17, 15) is 4.79 Å². The van der Waals surface area contributed by atoms with Gasteiger partial charge in [-0.3, -0.25) is 4.79 Å². The quantitative estimate of drug-likeness (QED) is 0.151. The topological polar surface area (TPSA) is 26.3 Å². The predicted octanol–water partition coefficient (Wildman–Crippen LogP) is 7.14. The van der Waals surface area contributed by atoms with Crippen LogP contribution in [0.4, 0.5) is 0 Å². The van der Waals surface area contributed by atoms with E-state index in [2.05, 4.69) is 18.7 Å². The van der Waals surface area contributed by atoms with E-state index >= 15 is 0 Å². The van der Waals surface area contributed by atoms with E-state index in [4.69, 9.17) is 4.74 Å². The Kier molecular flexibility index (Phi) is 19.1. The highest BCUT2D eigenvalue weighted by Gasteiger charge is 2.00. The second-order valence-electron chi connectivity index (χ2n) is 6.58. The zero-order chi connectivity index (χ0) is 17.7. The van der Waals surface area contributed by atoms with Gasteiger partial charge in [0.1, 0.15) is 0 Å². The van der Waals surface area contributed by atoms with E-state index in [0.29, 0.717) is 13.0 Å². The van der Waals surface area contributed by atoms with Crippen molar-refractivity contribution in [3.63, 3.8) is 0 Å². The molecule has 0 saturated carbocycles. The Balaban J connectivity index is 3.07. The van der Waals surface area contributed by atoms with Crippen LogP contribution in [0.1, 0.15) is 103 Å². The number of unbranched alkanes of at least 4 members (excludes halogenated alkanes) is 12. The van der Waals surface area contributed by atoms with Crippen LogP contribution in [0.25, 0.3) is 0 Å². The third-order valence-corrected chi connectivity index (χ3v) is 4.28. The van der Waals surface area contributed by atoms with Gasteiger partial charge in [-0.2, -0.15) is 0 Å². The van der Waals surface area contributed by atoms with Crippen LogP contribution in [-0.4, -0.2) is 12.6 Å². The summed E-state index contributed by atoms with van der Waals surface area (Å²) in [5, 5.41) is 0. The van der Waals surface area contributed by atoms with Crippen LogP contribution >= 0.6 is 0 Å². The van der Waals surface area contributed by atoms with E-state index < -0.39 is 0 Å². The number of carbonyl (C=O) groups is 1. The molecule has 0 aliphatic heterocycles. The Morgan fingerprint density at radius 1 is 0.792 bits per heavy atom. The van der Waals surface area contributed by atoms with Crippen molar-refractivity contribution in [2.24, 2.45) is 0 Å². The van der Waals surface area contributed by atoms with E-state index in [1.165, 1.54) is 77.0 Å². The number of carbonyl (C=O) groups excluding carboxylic acids is 1. The minimum atomic E-state index is -0.0368. The van der Waals surface area contributed by atoms with Crippen molar-refractivity contribution in [3.05, 3.63) is 24.8 Å². The first-order valence-corrected chi connectivity index (χ1v) is 10.2. The minimum Gasteiger partial charge on any atom is -0.466 e. The van der Waals surface area contributed by atoms with Crippen molar-refractivity contribution < 1.29 is 9.53 Å². The number of ether oxygens (including phenoxy) is 1. The Morgan fingerprint density at radius 2 is 1.29 bits per heavy atom. The Morgan fingerprint density at radius 3 is 1.79 bits per heavy atom. The maximum Gasteiger partial charge on any atom is 0.305 e. The van der Waals surface area contributed by atoms with E-state index in [1.54, 1.807) is 0 Å². The molecule has 0 heterocycles. The fourth-order valence-electron chi connectivity index (χ4n) is 2.84. The van der Waals surface area contributed by atoms with Crippen LogP contribution < -0.4 is 0 Å². The van der Waals surface area contributed by atoms with Gasteiger partial charge in [0.05, 0.1) is 6.61 Å². The molecule has 0 fully saturated rings. The zero-order valence-electron chi connectivity index (χ0n) is 16.1. The van der Waals surface area contributed by atoms with Gasteiger partial charge in [-0.15, -0.1) is 6.58 Å². The molecule has 0 bridgehead atoms. The molecule has 0 N–H and O–H groups in total. The molecular formula is C22H40O2. The summed E-state index contributed by atoms with van der Waals surface area (Å²) >= 11 is 0. The summed E-state index contributed by atoms with van der Waals surface area (Å²) in [7, 11) is 0. The molecule has 0 amide bonds. The summed E-state index contributed by atoms with van der Waals surface area (Å²) in [4.78, 5) is 11.2. The molecule has 24 heavy (non-hydrogen) atoms. The lowest BCUT2D eigenvalue weighted by Gasteiger charge is -2.03. The van der Waals surface area contributed by atoms with Crippen LogP contribution in [-0.2, 0) is 9.53 Å². The molecule has 0 saturated heterocycles. The molecule has 0 unspecified atom stereocenters. The second kappa shape index (κ2) is 20.0. The standard InChI is InChI=1S/C22H40O2/c1-3-5-6-7-8-9-10-11-12-13-14-15-16-17-18-19-20-21-22(23)24-4-2/h3,6-7H,1,4-5,8-21H2,2H3/b7-6-. The van der Waals surface area contributed by atoms with Crippen molar-refractivity contribution in [1.29, 1.82) is 0 Å². The van der Waals surface area contributed by atoms with Crippen molar-refractivity contribution in [1.82, 2.24) is 0 Å². The Hall–Kier alpha value is -1.05. The highest BCUT2D eigenvalue weighted by atomic mass is 16.5. The smallest absolute Gasteiger partial charge is 0.305 e. The number of hydrogen-bond donors (Lipinski definition) is 0. The average molecular weight is 337 g/mol. The van der Waals surface area contributed by atoms with E-state index in [1.807, 2.05) is 13.0 Å². The summed E-state index contributed by atoms with van der Waals surface area (Å²) in [6.45, 7) is 6.08. The predicted molar refractivity (Wildman–Crippen MR) is 105 cm³/mol. The average Bonchev–Trinajstić information content (AvgIpc) is 2.58. The van der Waals surface area contributed by atoms with Crippen molar-refractivity contribution in [2.75, 3.05) is 6.61 Å². The van der Waals surface area contributed by atoms with Gasteiger partial charge in [-0.05, 0) is 32.6 Å². The fraction of sp³-hybridized carbons (Fsp3) is 0.773. The van der Waals surface area contributed by atoms with Crippen LogP contribution in [0, 0.1) is 0 Å². The normalized spacial score (nSPS) is 11.0. The second-order valence-corrected chi connectivity index (χ2v) is 6.58. The Labute approximate surface area is 150 Å². The Bertz CT molecular complexity index is 307. The molecule has 0 aliphatic rings. The molecule has 0 spiro atoms. The number of allylic oxidation sites excluding steroid dienone is 3. The van der Waals surface area contributed by atoms with Gasteiger partial charge < -0.3 is 4.74 Å². The molecule has 0 aromatic heterocycles. The molecule has 2 heteroatoms. The summed E-state index contributed by atoms with van der Waals surface area (Å²) < 4.78 is 4.93. The first-order valence-electron chi connectivity index (χ1n) is 10.2. The van der Waals surface area contributed by atoms with Crippen molar-refractivity contribution >= 4 is 5.97 Å². The summed E-state index contributed by atoms with van der Waals surface area (Å²) in [5.41, 5.74) is 0. The molecule has 0 aromatic rings. The van der Waals surface area contributed by atoms with Crippen LogP contribution in [0.3, 0.4) is 0 Å². The molecule has 0 rings (SSSR count). The minimum absolute atomic E-state index is 0.0368. The lowest BCUT2D eigenvalue weighted by Crippen LogP contribution is -2.03. The third kappa shape index (κ3) is 19.0. The lowest BCUT2D eigenvalue weighted by atomic mass is 10.0. The van der Waals surface area contributed by atoms with Gasteiger partial charge in [0, 0.05) is 6.42 Å². The number of hydrogen-bond acceptors (Lipinski definition) is 2. The van der Waals surface area contributed by atoms with Crippen molar-refractivity contribution in [2.45, 2.75) is 103 Å². The van der Waals surface area contributed by atoms with Gasteiger partial charge in [-0.1, -0.05) is 82.4 Å². The highest BCUT2D eigenvalue weighted by Crippen LogP contribution is 2.13. The molecule has 0 atom stereocenters. The maximum atomic E-state index is 11.2. The van der Waals surface area contributed by atoms with Gasteiger partial charge >= 0.3 is 5.97 Å². The van der Waals surface area contributed by atoms with Crippen LogP contribution in [0.2, 0.25) is 0 Å². The van der Waals surface area contributed by atoms with E-state index in [0.717, 1.165) is 12.8 Å². The molecule has 0 aliphatic carbocycles.